The lowest BCUT2D eigenvalue weighted by Gasteiger charge is -2.46. The second kappa shape index (κ2) is 6.36. The van der Waals surface area contributed by atoms with E-state index in [4.69, 9.17) is 4.42 Å². The van der Waals surface area contributed by atoms with Crippen LogP contribution in [0.3, 0.4) is 0 Å². The van der Waals surface area contributed by atoms with Gasteiger partial charge >= 0.3 is 0 Å². The fourth-order valence-corrected chi connectivity index (χ4v) is 5.09. The third-order valence-electron chi connectivity index (χ3n) is 5.65. The maximum atomic E-state index is 13.0. The molecular weight excluding hydrogens is 342 g/mol. The summed E-state index contributed by atoms with van der Waals surface area (Å²) in [5, 5.41) is 19.8. The highest BCUT2D eigenvalue weighted by Gasteiger charge is 2.40. The summed E-state index contributed by atoms with van der Waals surface area (Å²) in [4.78, 5) is 13.0. The molecule has 1 fully saturated rings. The van der Waals surface area contributed by atoms with Crippen molar-refractivity contribution < 1.29 is 14.4 Å². The van der Waals surface area contributed by atoms with Crippen LogP contribution < -0.4 is 10.6 Å². The molecule has 1 aliphatic heterocycles. The van der Waals surface area contributed by atoms with Gasteiger partial charge in [0.2, 0.25) is 0 Å². The van der Waals surface area contributed by atoms with Crippen molar-refractivity contribution in [1.29, 1.82) is 0 Å². The van der Waals surface area contributed by atoms with Gasteiger partial charge in [0, 0.05) is 34.7 Å². The van der Waals surface area contributed by atoms with Gasteiger partial charge in [-0.15, -0.1) is 0 Å². The first-order valence-corrected chi connectivity index (χ1v) is 9.76. The number of fused-ring (bicyclic) bond motifs is 1. The van der Waals surface area contributed by atoms with E-state index in [0.717, 1.165) is 36.1 Å². The lowest BCUT2D eigenvalue weighted by atomic mass is 9.75. The molecule has 1 amide bonds. The molecule has 6 heteroatoms. The molecule has 0 saturated carbocycles. The van der Waals surface area contributed by atoms with Gasteiger partial charge in [0.05, 0.1) is 5.71 Å². The van der Waals surface area contributed by atoms with E-state index in [1.165, 1.54) is 0 Å². The number of furan rings is 1. The monoisotopic (exact) mass is 375 g/mol. The number of oxime groups is 1. The molecule has 1 aromatic heterocycles. The number of nitrogens with one attached hydrogen (secondary N) is 2. The molecule has 0 spiro atoms. The van der Waals surface area contributed by atoms with E-state index < -0.39 is 0 Å². The van der Waals surface area contributed by atoms with E-state index in [0.29, 0.717) is 17.9 Å². The molecule has 0 atom stereocenters. The van der Waals surface area contributed by atoms with E-state index in [2.05, 4.69) is 57.3 Å². The van der Waals surface area contributed by atoms with Gasteiger partial charge in [-0.2, -0.15) is 0 Å². The molecule has 0 radical (unpaired) electrons. The lowest BCUT2D eigenvalue weighted by molar-refractivity contribution is 0.0842. The number of carbonyl (C=O) groups excluding carboxylic acids is 1. The Labute approximate surface area is 161 Å². The van der Waals surface area contributed by atoms with E-state index in [1.54, 1.807) is 0 Å². The van der Waals surface area contributed by atoms with Gasteiger partial charge in [0.15, 0.2) is 5.76 Å². The van der Waals surface area contributed by atoms with Crippen molar-refractivity contribution >= 4 is 11.6 Å². The van der Waals surface area contributed by atoms with Gasteiger partial charge in [-0.25, -0.2) is 0 Å². The standard InChI is InChI=1S/C21H33N3O3/c1-12-16-14(23-26)10-19(2,3)11-15(16)27-17(12)18(25)22-13-8-20(4,5)24-21(6,7)9-13/h13,24,26H,8-11H2,1-7H3,(H,22,25). The van der Waals surface area contributed by atoms with Crippen LogP contribution in [-0.2, 0) is 6.42 Å². The Bertz CT molecular complexity index is 771. The average molecular weight is 376 g/mol. The first-order chi connectivity index (χ1) is 12.3. The van der Waals surface area contributed by atoms with Crippen LogP contribution in [0, 0.1) is 12.3 Å². The van der Waals surface area contributed by atoms with Gasteiger partial charge < -0.3 is 20.3 Å². The Hall–Kier alpha value is -1.82. The summed E-state index contributed by atoms with van der Waals surface area (Å²) < 4.78 is 5.99. The van der Waals surface area contributed by atoms with Gasteiger partial charge in [-0.3, -0.25) is 4.79 Å². The summed E-state index contributed by atoms with van der Waals surface area (Å²) in [7, 11) is 0. The van der Waals surface area contributed by atoms with Crippen molar-refractivity contribution in [1.82, 2.24) is 10.6 Å². The maximum absolute atomic E-state index is 13.0. The van der Waals surface area contributed by atoms with Crippen LogP contribution in [0.2, 0.25) is 0 Å². The zero-order valence-electron chi connectivity index (χ0n) is 17.6. The largest absolute Gasteiger partial charge is 0.455 e. The topological polar surface area (TPSA) is 86.9 Å². The van der Waals surface area contributed by atoms with Crippen LogP contribution in [0.15, 0.2) is 9.57 Å². The van der Waals surface area contributed by atoms with Crippen LogP contribution in [0.1, 0.15) is 88.2 Å². The van der Waals surface area contributed by atoms with Gasteiger partial charge in [-0.1, -0.05) is 19.0 Å². The minimum absolute atomic E-state index is 0.0438. The molecule has 0 aromatic carbocycles. The van der Waals surface area contributed by atoms with Gasteiger partial charge in [0.25, 0.3) is 5.91 Å². The molecule has 1 aromatic rings. The van der Waals surface area contributed by atoms with Crippen molar-refractivity contribution in [3.8, 4) is 0 Å². The fraction of sp³-hybridized carbons (Fsp3) is 0.714. The Morgan fingerprint density at radius 1 is 1.15 bits per heavy atom. The second-order valence-corrected chi connectivity index (χ2v) is 10.4. The molecule has 6 nitrogen and oxygen atoms in total. The fourth-order valence-electron chi connectivity index (χ4n) is 5.09. The number of amides is 1. The third kappa shape index (κ3) is 4.05. The Kier molecular flexibility index (Phi) is 4.70. The smallest absolute Gasteiger partial charge is 0.287 e. The minimum atomic E-state index is -0.185. The number of piperidine rings is 1. The van der Waals surface area contributed by atoms with Crippen LogP contribution in [0.4, 0.5) is 0 Å². The average Bonchev–Trinajstić information content (AvgIpc) is 2.78. The molecule has 1 aliphatic carbocycles. The third-order valence-corrected chi connectivity index (χ3v) is 5.65. The number of hydrogen-bond donors (Lipinski definition) is 3. The van der Waals surface area contributed by atoms with E-state index in [1.807, 2.05) is 6.92 Å². The number of hydrogen-bond acceptors (Lipinski definition) is 5. The first kappa shape index (κ1) is 19.9. The highest BCUT2D eigenvalue weighted by atomic mass is 16.4. The molecule has 0 bridgehead atoms. The summed E-state index contributed by atoms with van der Waals surface area (Å²) in [5.41, 5.74) is 2.02. The Morgan fingerprint density at radius 3 is 2.30 bits per heavy atom. The Morgan fingerprint density at radius 2 is 1.74 bits per heavy atom. The van der Waals surface area contributed by atoms with Crippen LogP contribution in [-0.4, -0.2) is 33.9 Å². The summed E-state index contributed by atoms with van der Waals surface area (Å²) in [6.07, 6.45) is 3.10. The number of rotatable bonds is 2. The summed E-state index contributed by atoms with van der Waals surface area (Å²) in [6, 6.07) is 0.0766. The zero-order chi connectivity index (χ0) is 20.2. The maximum Gasteiger partial charge on any atom is 0.287 e. The predicted octanol–water partition coefficient (Wildman–Crippen LogP) is 3.78. The van der Waals surface area contributed by atoms with E-state index in [9.17, 15) is 10.0 Å². The normalized spacial score (nSPS) is 25.2. The molecule has 2 heterocycles. The molecule has 1 saturated heterocycles. The van der Waals surface area contributed by atoms with Crippen LogP contribution in [0.25, 0.3) is 0 Å². The van der Waals surface area contributed by atoms with Gasteiger partial charge in [0.1, 0.15) is 5.76 Å². The first-order valence-electron chi connectivity index (χ1n) is 9.76. The molecular formula is C21H33N3O3. The number of carbonyl (C=O) groups is 1. The molecule has 3 rings (SSSR count). The highest BCUT2D eigenvalue weighted by Crippen LogP contribution is 2.39. The molecule has 3 N–H and O–H groups in total. The van der Waals surface area contributed by atoms with Crippen molar-refractivity contribution in [2.24, 2.45) is 10.6 Å². The quantitative estimate of drug-likeness (QED) is 0.542. The predicted molar refractivity (Wildman–Crippen MR) is 106 cm³/mol. The van der Waals surface area contributed by atoms with Crippen molar-refractivity contribution in [3.05, 3.63) is 22.6 Å². The summed E-state index contributed by atoms with van der Waals surface area (Å²) in [6.45, 7) is 14.7. The van der Waals surface area contributed by atoms with Gasteiger partial charge in [-0.05, 0) is 59.3 Å². The second-order valence-electron chi connectivity index (χ2n) is 10.4. The van der Waals surface area contributed by atoms with Crippen molar-refractivity contribution in [3.63, 3.8) is 0 Å². The lowest BCUT2D eigenvalue weighted by Crippen LogP contribution is -2.62. The highest BCUT2D eigenvalue weighted by molar-refractivity contribution is 6.06. The van der Waals surface area contributed by atoms with E-state index >= 15 is 0 Å². The summed E-state index contributed by atoms with van der Waals surface area (Å²) >= 11 is 0. The van der Waals surface area contributed by atoms with Crippen molar-refractivity contribution in [2.45, 2.75) is 91.3 Å². The van der Waals surface area contributed by atoms with Crippen molar-refractivity contribution in [2.75, 3.05) is 0 Å². The SMILES string of the molecule is Cc1c(C(=O)NC2CC(C)(C)NC(C)(C)C2)oc2c1C(=NO)CC(C)(C)C2. The molecule has 27 heavy (non-hydrogen) atoms. The summed E-state index contributed by atoms with van der Waals surface area (Å²) in [5.74, 6) is 0.899. The zero-order valence-corrected chi connectivity index (χ0v) is 17.6. The van der Waals surface area contributed by atoms with E-state index in [-0.39, 0.29) is 28.4 Å². The number of nitrogens with zero attached hydrogens (tertiary/aromatic N) is 1. The Balaban J connectivity index is 1.86. The molecule has 0 unspecified atom stereocenters. The van der Waals surface area contributed by atoms with Crippen LogP contribution in [0.5, 0.6) is 0 Å². The molecule has 2 aliphatic rings. The molecule has 150 valence electrons. The van der Waals surface area contributed by atoms with Crippen LogP contribution >= 0.6 is 0 Å². The minimum Gasteiger partial charge on any atom is -0.455 e.